The molecule has 0 rings (SSSR count). The van der Waals surface area contributed by atoms with Crippen molar-refractivity contribution in [2.24, 2.45) is 0 Å². The van der Waals surface area contributed by atoms with E-state index < -0.39 is 16.1 Å². The predicted molar refractivity (Wildman–Crippen MR) is 77.9 cm³/mol. The van der Waals surface area contributed by atoms with E-state index in [-0.39, 0.29) is 5.75 Å². The molecule has 7 heteroatoms. The zero-order chi connectivity index (χ0) is 15.6. The zero-order valence-corrected chi connectivity index (χ0v) is 13.2. The number of esters is 1. The van der Waals surface area contributed by atoms with Crippen molar-refractivity contribution in [3.05, 3.63) is 12.7 Å². The summed E-state index contributed by atoms with van der Waals surface area (Å²) in [7, 11) is -3.87. The Bertz CT molecular complexity index is 401. The van der Waals surface area contributed by atoms with Gasteiger partial charge >= 0.3 is 5.97 Å². The number of rotatable bonds is 11. The Morgan fingerprint density at radius 2 is 1.85 bits per heavy atom. The lowest BCUT2D eigenvalue weighted by atomic mass is 10.2. The fraction of sp³-hybridized carbons (Fsp3) is 0.769. The molecule has 0 aliphatic heterocycles. The lowest BCUT2D eigenvalue weighted by molar-refractivity contribution is -0.925. The minimum absolute atomic E-state index is 0.203. The van der Waals surface area contributed by atoms with Crippen LogP contribution in [0.3, 0.4) is 0 Å². The standard InChI is InChI=1S/C13H25NO5S/c1-4-13(15)19-11-10-14(5-2,6-3)9-7-8-12-20(16,17)18/h4H,1,5-12H2,2-3H3/p+1. The number of carbonyl (C=O) groups is 1. The van der Waals surface area contributed by atoms with Gasteiger partial charge in [0, 0.05) is 6.08 Å². The summed E-state index contributed by atoms with van der Waals surface area (Å²) < 4.78 is 35.8. The fourth-order valence-electron chi connectivity index (χ4n) is 2.10. The molecule has 6 nitrogen and oxygen atoms in total. The van der Waals surface area contributed by atoms with Gasteiger partial charge in [-0.2, -0.15) is 8.42 Å². The van der Waals surface area contributed by atoms with Crippen LogP contribution in [0.4, 0.5) is 0 Å². The average molecular weight is 308 g/mol. The first-order valence-corrected chi connectivity index (χ1v) is 8.49. The maximum absolute atomic E-state index is 11.0. The molecule has 0 heterocycles. The van der Waals surface area contributed by atoms with Crippen LogP contribution < -0.4 is 0 Å². The Labute approximate surface area is 121 Å². The Morgan fingerprint density at radius 1 is 1.25 bits per heavy atom. The van der Waals surface area contributed by atoms with Crippen LogP contribution in [0, 0.1) is 0 Å². The number of ether oxygens (including phenoxy) is 1. The number of quaternary nitrogens is 1. The average Bonchev–Trinajstić information content (AvgIpc) is 2.40. The molecule has 0 saturated carbocycles. The van der Waals surface area contributed by atoms with Crippen LogP contribution in [0.25, 0.3) is 0 Å². The maximum Gasteiger partial charge on any atom is 0.330 e. The van der Waals surface area contributed by atoms with Crippen LogP contribution in [-0.2, 0) is 19.6 Å². The van der Waals surface area contributed by atoms with E-state index in [2.05, 4.69) is 20.4 Å². The lowest BCUT2D eigenvalue weighted by Gasteiger charge is -2.36. The molecule has 20 heavy (non-hydrogen) atoms. The van der Waals surface area contributed by atoms with E-state index in [0.717, 1.165) is 30.2 Å². The van der Waals surface area contributed by atoms with Gasteiger partial charge in [0.2, 0.25) is 0 Å². The van der Waals surface area contributed by atoms with E-state index in [1.165, 1.54) is 0 Å². The SMILES string of the molecule is C=CC(=O)OCC[N+](CC)(CC)CCCCS(=O)(=O)O. The minimum atomic E-state index is -3.87. The molecule has 0 aliphatic carbocycles. The molecule has 0 aromatic heterocycles. The van der Waals surface area contributed by atoms with E-state index in [1.54, 1.807) is 0 Å². The zero-order valence-electron chi connectivity index (χ0n) is 12.4. The van der Waals surface area contributed by atoms with Crippen molar-refractivity contribution in [1.29, 1.82) is 0 Å². The molecule has 0 atom stereocenters. The third-order valence-corrected chi connectivity index (χ3v) is 4.41. The van der Waals surface area contributed by atoms with E-state index >= 15 is 0 Å². The summed E-state index contributed by atoms with van der Waals surface area (Å²) in [6.45, 7) is 11.0. The normalized spacial score (nSPS) is 12.2. The highest BCUT2D eigenvalue weighted by atomic mass is 32.2. The number of carbonyl (C=O) groups excluding carboxylic acids is 1. The Balaban J connectivity index is 4.23. The molecule has 1 N–H and O–H groups in total. The Morgan fingerprint density at radius 3 is 2.30 bits per heavy atom. The number of hydrogen-bond acceptors (Lipinski definition) is 4. The topological polar surface area (TPSA) is 80.7 Å². The first-order valence-electron chi connectivity index (χ1n) is 6.88. The highest BCUT2D eigenvalue weighted by Gasteiger charge is 2.23. The molecule has 0 aliphatic rings. The molecule has 0 aromatic carbocycles. The van der Waals surface area contributed by atoms with Crippen LogP contribution in [0.15, 0.2) is 12.7 Å². The molecule has 0 saturated heterocycles. The smallest absolute Gasteiger partial charge is 0.330 e. The summed E-state index contributed by atoms with van der Waals surface area (Å²) in [5.41, 5.74) is 0. The maximum atomic E-state index is 11.0. The number of likely N-dealkylation sites (N-methyl/N-ethyl adjacent to an activating group) is 1. The van der Waals surface area contributed by atoms with Crippen LogP contribution in [0.2, 0.25) is 0 Å². The number of unbranched alkanes of at least 4 members (excludes halogenated alkanes) is 1. The van der Waals surface area contributed by atoms with E-state index in [4.69, 9.17) is 9.29 Å². The summed E-state index contributed by atoms with van der Waals surface area (Å²) >= 11 is 0. The highest BCUT2D eigenvalue weighted by molar-refractivity contribution is 7.85. The number of hydrogen-bond donors (Lipinski definition) is 1. The summed E-state index contributed by atoms with van der Waals surface area (Å²) in [5.74, 6) is -0.632. The summed E-state index contributed by atoms with van der Waals surface area (Å²) in [6, 6.07) is 0. The van der Waals surface area contributed by atoms with E-state index in [0.29, 0.717) is 26.0 Å². The van der Waals surface area contributed by atoms with Gasteiger partial charge in [-0.1, -0.05) is 6.58 Å². The molecule has 0 radical (unpaired) electrons. The largest absolute Gasteiger partial charge is 0.457 e. The second-order valence-corrected chi connectivity index (χ2v) is 6.36. The molecule has 0 spiro atoms. The minimum Gasteiger partial charge on any atom is -0.457 e. The van der Waals surface area contributed by atoms with Crippen molar-refractivity contribution >= 4 is 16.1 Å². The molecule has 0 fully saturated rings. The van der Waals surface area contributed by atoms with Gasteiger partial charge in [-0.05, 0) is 26.7 Å². The van der Waals surface area contributed by atoms with Crippen molar-refractivity contribution in [3.63, 3.8) is 0 Å². The van der Waals surface area contributed by atoms with Crippen molar-refractivity contribution in [1.82, 2.24) is 0 Å². The van der Waals surface area contributed by atoms with Crippen LogP contribution in [0.1, 0.15) is 26.7 Å². The van der Waals surface area contributed by atoms with Crippen LogP contribution in [-0.4, -0.2) is 62.0 Å². The summed E-state index contributed by atoms with van der Waals surface area (Å²) in [4.78, 5) is 11.0. The van der Waals surface area contributed by atoms with E-state index in [9.17, 15) is 13.2 Å². The van der Waals surface area contributed by atoms with Gasteiger partial charge in [-0.25, -0.2) is 4.79 Å². The Kier molecular flexibility index (Phi) is 8.68. The molecule has 0 bridgehead atoms. The predicted octanol–water partition coefficient (Wildman–Crippen LogP) is 1.24. The fourth-order valence-corrected chi connectivity index (χ4v) is 2.67. The molecule has 0 amide bonds. The lowest BCUT2D eigenvalue weighted by Crippen LogP contribution is -2.50. The van der Waals surface area contributed by atoms with Gasteiger partial charge in [-0.15, -0.1) is 0 Å². The van der Waals surface area contributed by atoms with Gasteiger partial charge in [0.15, 0.2) is 0 Å². The van der Waals surface area contributed by atoms with Crippen molar-refractivity contribution in [3.8, 4) is 0 Å². The monoisotopic (exact) mass is 308 g/mol. The molecule has 0 aromatic rings. The van der Waals surface area contributed by atoms with Gasteiger partial charge in [0.1, 0.15) is 13.2 Å². The van der Waals surface area contributed by atoms with Crippen LogP contribution in [0.5, 0.6) is 0 Å². The third kappa shape index (κ3) is 8.29. The van der Waals surface area contributed by atoms with Crippen LogP contribution >= 0.6 is 0 Å². The van der Waals surface area contributed by atoms with E-state index in [1.807, 2.05) is 0 Å². The quantitative estimate of drug-likeness (QED) is 0.204. The summed E-state index contributed by atoms with van der Waals surface area (Å²) in [5, 5.41) is 0. The molecule has 118 valence electrons. The van der Waals surface area contributed by atoms with Gasteiger partial charge in [0.05, 0.1) is 25.4 Å². The van der Waals surface area contributed by atoms with Gasteiger partial charge in [0.25, 0.3) is 10.1 Å². The van der Waals surface area contributed by atoms with Gasteiger partial charge in [-0.3, -0.25) is 4.55 Å². The first-order chi connectivity index (χ1) is 9.28. The summed E-state index contributed by atoms with van der Waals surface area (Å²) in [6.07, 6.45) is 2.28. The highest BCUT2D eigenvalue weighted by Crippen LogP contribution is 2.10. The Hall–Kier alpha value is -0.920. The third-order valence-electron chi connectivity index (χ3n) is 3.60. The van der Waals surface area contributed by atoms with Crippen molar-refractivity contribution in [2.75, 3.05) is 38.5 Å². The van der Waals surface area contributed by atoms with Crippen molar-refractivity contribution < 1.29 is 27.0 Å². The molecular weight excluding hydrogens is 282 g/mol. The second-order valence-electron chi connectivity index (χ2n) is 4.79. The molecular formula is C13H26NO5S+. The second kappa shape index (κ2) is 9.10. The molecule has 0 unspecified atom stereocenters. The van der Waals surface area contributed by atoms with Gasteiger partial charge < -0.3 is 9.22 Å². The number of nitrogens with zero attached hydrogens (tertiary/aromatic N) is 1. The first kappa shape index (κ1) is 19.1. The van der Waals surface area contributed by atoms with Crippen molar-refractivity contribution in [2.45, 2.75) is 26.7 Å².